The van der Waals surface area contributed by atoms with Gasteiger partial charge >= 0.3 is 0 Å². The normalized spacial score (nSPS) is 13.1. The Balaban J connectivity index is 1.62. The van der Waals surface area contributed by atoms with E-state index in [4.69, 9.17) is 4.74 Å². The van der Waals surface area contributed by atoms with Crippen LogP contribution in [0.15, 0.2) is 72.9 Å². The Morgan fingerprint density at radius 3 is 2.48 bits per heavy atom. The molecule has 4 aromatic rings. The van der Waals surface area contributed by atoms with E-state index in [1.165, 1.54) is 0 Å². The van der Waals surface area contributed by atoms with Gasteiger partial charge in [-0.15, -0.1) is 0 Å². The lowest BCUT2D eigenvalue weighted by molar-refractivity contribution is 0.0723. The number of para-hydroxylation sites is 1. The quantitative estimate of drug-likeness (QED) is 0.296. The van der Waals surface area contributed by atoms with Gasteiger partial charge in [0.15, 0.2) is 0 Å². The van der Waals surface area contributed by atoms with E-state index < -0.39 is 12.1 Å². The van der Waals surface area contributed by atoms with Gasteiger partial charge in [0.05, 0.1) is 11.7 Å². The number of aliphatic hydroxyl groups is 1. The number of amides is 1. The molecule has 0 saturated heterocycles. The first-order chi connectivity index (χ1) is 15.8. The number of carbonyl (C=O) groups is 1. The van der Waals surface area contributed by atoms with Crippen molar-refractivity contribution in [3.8, 4) is 22.6 Å². The van der Waals surface area contributed by atoms with Crippen LogP contribution in [0.3, 0.4) is 0 Å². The molecule has 33 heavy (non-hydrogen) atoms. The number of phenols is 1. The topological polar surface area (TPSA) is 94.6 Å². The number of fused-ring (bicyclic) bond motifs is 1. The minimum atomic E-state index is -1.10. The summed E-state index contributed by atoms with van der Waals surface area (Å²) in [4.78, 5) is 16.4. The molecule has 2 atom stereocenters. The number of aromatic nitrogens is 1. The Morgan fingerprint density at radius 1 is 0.970 bits per heavy atom. The maximum Gasteiger partial charge on any atom is 0.257 e. The van der Waals surface area contributed by atoms with Crippen LogP contribution in [0.1, 0.15) is 42.6 Å². The first-order valence-electron chi connectivity index (χ1n) is 11.0. The Kier molecular flexibility index (Phi) is 6.38. The number of hydrogen-bond donors (Lipinski definition) is 4. The number of rotatable bonds is 7. The number of carbonyl (C=O) groups excluding carboxylic acids is 1. The van der Waals surface area contributed by atoms with Crippen LogP contribution in [-0.4, -0.2) is 33.4 Å². The Bertz CT molecular complexity index is 1280. The largest absolute Gasteiger partial charge is 0.508 e. The summed E-state index contributed by atoms with van der Waals surface area (Å²) in [5.41, 5.74) is 3.74. The van der Waals surface area contributed by atoms with E-state index in [0.29, 0.717) is 11.3 Å². The van der Waals surface area contributed by atoms with Crippen molar-refractivity contribution in [2.24, 2.45) is 0 Å². The molecule has 1 aromatic heterocycles. The summed E-state index contributed by atoms with van der Waals surface area (Å²) in [6.45, 7) is 5.65. The number of phenolic OH excluding ortho intramolecular Hbond substituents is 1. The number of aliphatic hydroxyl groups excluding tert-OH is 1. The number of H-pyrrole nitrogens is 1. The minimum Gasteiger partial charge on any atom is -0.508 e. The number of aromatic hydroxyl groups is 1. The molecule has 0 bridgehead atoms. The fourth-order valence-electron chi connectivity index (χ4n) is 3.91. The van der Waals surface area contributed by atoms with Crippen molar-refractivity contribution in [1.29, 1.82) is 0 Å². The van der Waals surface area contributed by atoms with Gasteiger partial charge in [0, 0.05) is 23.0 Å². The number of nitrogens with one attached hydrogen (secondary N) is 2. The van der Waals surface area contributed by atoms with Gasteiger partial charge in [-0.05, 0) is 60.9 Å². The lowest BCUT2D eigenvalue weighted by Crippen LogP contribution is -2.38. The van der Waals surface area contributed by atoms with Gasteiger partial charge in [0.2, 0.25) is 0 Å². The van der Waals surface area contributed by atoms with E-state index >= 15 is 0 Å². The summed E-state index contributed by atoms with van der Waals surface area (Å²) in [6, 6.07) is 20.0. The molecule has 6 heteroatoms. The molecule has 0 aliphatic heterocycles. The molecule has 6 nitrogen and oxygen atoms in total. The van der Waals surface area contributed by atoms with Gasteiger partial charge in [-0.3, -0.25) is 4.79 Å². The van der Waals surface area contributed by atoms with E-state index in [1.54, 1.807) is 30.3 Å². The van der Waals surface area contributed by atoms with E-state index in [9.17, 15) is 15.0 Å². The van der Waals surface area contributed by atoms with Crippen LogP contribution in [0.25, 0.3) is 22.0 Å². The molecule has 0 aliphatic rings. The van der Waals surface area contributed by atoms with E-state index in [0.717, 1.165) is 27.6 Å². The van der Waals surface area contributed by atoms with Gasteiger partial charge in [0.25, 0.3) is 5.91 Å². The van der Waals surface area contributed by atoms with Gasteiger partial charge in [-0.1, -0.05) is 43.3 Å². The third-order valence-corrected chi connectivity index (χ3v) is 5.63. The van der Waals surface area contributed by atoms with E-state index in [-0.39, 0.29) is 17.8 Å². The highest BCUT2D eigenvalue weighted by Gasteiger charge is 2.24. The standard InChI is InChI=1S/C27H28N2O4/c1-16(2)33-25-12-11-19(18-7-6-8-20(30)13-18)14-22(25)27(32)29-26(31)17(3)23-15-28-24-10-5-4-9-21(23)24/h4-17,26,28,30-31H,1-3H3,(H,29,32)/t17?,26-/m1/s1. The third-order valence-electron chi connectivity index (χ3n) is 5.63. The van der Waals surface area contributed by atoms with Crippen molar-refractivity contribution in [3.05, 3.63) is 84.1 Å². The highest BCUT2D eigenvalue weighted by molar-refractivity contribution is 5.98. The molecule has 1 amide bonds. The predicted octanol–water partition coefficient (Wildman–Crippen LogP) is 5.18. The zero-order valence-corrected chi connectivity index (χ0v) is 18.9. The summed E-state index contributed by atoms with van der Waals surface area (Å²) in [5.74, 6) is -0.206. The van der Waals surface area contributed by atoms with Crippen LogP contribution >= 0.6 is 0 Å². The molecule has 0 spiro atoms. The van der Waals surface area contributed by atoms with Gasteiger partial charge in [-0.2, -0.15) is 0 Å². The number of ether oxygens (including phenoxy) is 1. The molecule has 0 radical (unpaired) electrons. The number of hydrogen-bond acceptors (Lipinski definition) is 4. The molecule has 3 aromatic carbocycles. The zero-order chi connectivity index (χ0) is 23.5. The first-order valence-corrected chi connectivity index (χ1v) is 11.0. The zero-order valence-electron chi connectivity index (χ0n) is 18.9. The van der Waals surface area contributed by atoms with Crippen molar-refractivity contribution in [1.82, 2.24) is 10.3 Å². The molecule has 0 fully saturated rings. The molecule has 1 heterocycles. The Morgan fingerprint density at radius 2 is 1.73 bits per heavy atom. The lowest BCUT2D eigenvalue weighted by Gasteiger charge is -2.21. The molecule has 1 unspecified atom stereocenters. The average molecular weight is 445 g/mol. The number of benzene rings is 3. The van der Waals surface area contributed by atoms with E-state index in [1.807, 2.05) is 63.4 Å². The van der Waals surface area contributed by atoms with E-state index in [2.05, 4.69) is 10.3 Å². The monoisotopic (exact) mass is 444 g/mol. The maximum atomic E-state index is 13.2. The third kappa shape index (κ3) is 4.86. The Labute approximate surface area is 192 Å². The van der Waals surface area contributed by atoms with Crippen LogP contribution in [-0.2, 0) is 0 Å². The number of aromatic amines is 1. The molecular weight excluding hydrogens is 416 g/mol. The molecule has 4 rings (SSSR count). The second kappa shape index (κ2) is 9.38. The Hall–Kier alpha value is -3.77. The highest BCUT2D eigenvalue weighted by Crippen LogP contribution is 2.30. The van der Waals surface area contributed by atoms with Gasteiger partial charge < -0.3 is 25.3 Å². The SMILES string of the molecule is CC(C)Oc1ccc(-c2cccc(O)c2)cc1C(=O)N[C@H](O)C(C)c1c[nH]c2ccccc12. The molecule has 0 saturated carbocycles. The molecular formula is C27H28N2O4. The summed E-state index contributed by atoms with van der Waals surface area (Å²) in [6.07, 6.45) is 0.631. The summed E-state index contributed by atoms with van der Waals surface area (Å²) in [7, 11) is 0. The highest BCUT2D eigenvalue weighted by atomic mass is 16.5. The first kappa shape index (κ1) is 22.4. The smallest absolute Gasteiger partial charge is 0.257 e. The van der Waals surface area contributed by atoms with Crippen molar-refractivity contribution >= 4 is 16.8 Å². The van der Waals surface area contributed by atoms with Crippen molar-refractivity contribution < 1.29 is 19.7 Å². The summed E-state index contributed by atoms with van der Waals surface area (Å²) >= 11 is 0. The average Bonchev–Trinajstić information content (AvgIpc) is 3.22. The van der Waals surface area contributed by atoms with Crippen molar-refractivity contribution in [2.75, 3.05) is 0 Å². The van der Waals surface area contributed by atoms with Gasteiger partial charge in [-0.25, -0.2) is 0 Å². The molecule has 170 valence electrons. The second-order valence-corrected chi connectivity index (χ2v) is 8.42. The fraction of sp³-hybridized carbons (Fsp3) is 0.222. The van der Waals surface area contributed by atoms with Crippen molar-refractivity contribution in [2.45, 2.75) is 39.0 Å². The molecule has 4 N–H and O–H groups in total. The minimum absolute atomic E-state index is 0.127. The van der Waals surface area contributed by atoms with Crippen LogP contribution in [0.2, 0.25) is 0 Å². The predicted molar refractivity (Wildman–Crippen MR) is 129 cm³/mol. The second-order valence-electron chi connectivity index (χ2n) is 8.42. The van der Waals surface area contributed by atoms with Crippen LogP contribution in [0.4, 0.5) is 0 Å². The van der Waals surface area contributed by atoms with Crippen LogP contribution < -0.4 is 10.1 Å². The summed E-state index contributed by atoms with van der Waals surface area (Å²) < 4.78 is 5.86. The lowest BCUT2D eigenvalue weighted by atomic mass is 9.98. The summed E-state index contributed by atoms with van der Waals surface area (Å²) in [5, 5.41) is 24.4. The molecule has 0 aliphatic carbocycles. The van der Waals surface area contributed by atoms with Gasteiger partial charge in [0.1, 0.15) is 17.7 Å². The fourth-order valence-corrected chi connectivity index (χ4v) is 3.91. The maximum absolute atomic E-state index is 13.2. The van der Waals surface area contributed by atoms with Crippen LogP contribution in [0.5, 0.6) is 11.5 Å². The van der Waals surface area contributed by atoms with Crippen molar-refractivity contribution in [3.63, 3.8) is 0 Å². The van der Waals surface area contributed by atoms with Crippen LogP contribution in [0, 0.1) is 0 Å².